The summed E-state index contributed by atoms with van der Waals surface area (Å²) in [6.07, 6.45) is 3.98. The van der Waals surface area contributed by atoms with Crippen molar-refractivity contribution in [2.24, 2.45) is 4.99 Å². The quantitative estimate of drug-likeness (QED) is 0.537. The second kappa shape index (κ2) is 9.58. The van der Waals surface area contributed by atoms with E-state index in [9.17, 15) is 4.79 Å². The fourth-order valence-corrected chi connectivity index (χ4v) is 2.15. The van der Waals surface area contributed by atoms with Crippen molar-refractivity contribution in [3.05, 3.63) is 0 Å². The fraction of sp³-hybridized carbons (Fsp3) is 0.857. The van der Waals surface area contributed by atoms with Crippen molar-refractivity contribution in [3.8, 4) is 0 Å². The Hall–Kier alpha value is -1.30. The maximum Gasteiger partial charge on any atom is 0.243 e. The first-order chi connectivity index (χ1) is 9.63. The van der Waals surface area contributed by atoms with Crippen molar-refractivity contribution < 1.29 is 4.79 Å². The van der Waals surface area contributed by atoms with E-state index in [1.165, 1.54) is 32.4 Å². The first-order valence-corrected chi connectivity index (χ1v) is 7.58. The third kappa shape index (κ3) is 6.75. The van der Waals surface area contributed by atoms with Crippen LogP contribution in [0.1, 0.15) is 26.2 Å². The minimum Gasteiger partial charge on any atom is -0.357 e. The summed E-state index contributed by atoms with van der Waals surface area (Å²) in [7, 11) is 3.49. The molecule has 0 saturated carbocycles. The number of aliphatic imine (C=N–C) groups is 1. The molecule has 0 spiro atoms. The number of hydrogen-bond donors (Lipinski definition) is 2. The second-order valence-electron chi connectivity index (χ2n) is 5.31. The van der Waals surface area contributed by atoms with Crippen LogP contribution in [0.5, 0.6) is 0 Å². The summed E-state index contributed by atoms with van der Waals surface area (Å²) in [5.41, 5.74) is 0. The molecule has 0 aromatic heterocycles. The van der Waals surface area contributed by atoms with Crippen molar-refractivity contribution in [2.75, 3.05) is 53.4 Å². The fourth-order valence-electron chi connectivity index (χ4n) is 2.15. The van der Waals surface area contributed by atoms with Crippen molar-refractivity contribution in [1.29, 1.82) is 0 Å². The van der Waals surface area contributed by atoms with Crippen LogP contribution >= 0.6 is 0 Å². The summed E-state index contributed by atoms with van der Waals surface area (Å²) in [5.74, 6) is 0.734. The van der Waals surface area contributed by atoms with Gasteiger partial charge in [0.1, 0.15) is 6.54 Å². The molecular weight excluding hydrogens is 254 g/mol. The molecule has 1 saturated heterocycles. The average molecular weight is 283 g/mol. The number of rotatable bonds is 6. The van der Waals surface area contributed by atoms with Gasteiger partial charge in [0, 0.05) is 33.7 Å². The molecule has 0 bridgehead atoms. The van der Waals surface area contributed by atoms with E-state index < -0.39 is 0 Å². The van der Waals surface area contributed by atoms with Crippen molar-refractivity contribution in [3.63, 3.8) is 0 Å². The molecule has 0 aromatic carbocycles. The molecule has 1 aliphatic rings. The van der Waals surface area contributed by atoms with Gasteiger partial charge in [0.25, 0.3) is 0 Å². The summed E-state index contributed by atoms with van der Waals surface area (Å²) in [4.78, 5) is 19.9. The van der Waals surface area contributed by atoms with Gasteiger partial charge in [0.05, 0.1) is 0 Å². The van der Waals surface area contributed by atoms with Crippen LogP contribution in [0.3, 0.4) is 0 Å². The number of amides is 1. The molecule has 0 unspecified atom stereocenters. The number of hydrogen-bond acceptors (Lipinski definition) is 3. The summed E-state index contributed by atoms with van der Waals surface area (Å²) in [5, 5.41) is 6.45. The summed E-state index contributed by atoms with van der Waals surface area (Å²) >= 11 is 0. The Balaban J connectivity index is 2.30. The Bertz CT molecular complexity index is 311. The molecule has 116 valence electrons. The van der Waals surface area contributed by atoms with Gasteiger partial charge in [-0.3, -0.25) is 4.79 Å². The number of carbonyl (C=O) groups is 1. The van der Waals surface area contributed by atoms with E-state index >= 15 is 0 Å². The Morgan fingerprint density at radius 2 is 1.90 bits per heavy atom. The molecule has 2 N–H and O–H groups in total. The molecule has 1 fully saturated rings. The zero-order chi connectivity index (χ0) is 14.8. The monoisotopic (exact) mass is 283 g/mol. The van der Waals surface area contributed by atoms with E-state index in [4.69, 9.17) is 0 Å². The van der Waals surface area contributed by atoms with Crippen LogP contribution < -0.4 is 10.6 Å². The topological polar surface area (TPSA) is 60.0 Å². The molecule has 1 amide bonds. The Morgan fingerprint density at radius 3 is 2.50 bits per heavy atom. The normalized spacial score (nSPS) is 16.9. The van der Waals surface area contributed by atoms with Gasteiger partial charge in [0.2, 0.25) is 5.91 Å². The smallest absolute Gasteiger partial charge is 0.243 e. The first kappa shape index (κ1) is 16.8. The number of guanidine groups is 1. The maximum absolute atomic E-state index is 11.5. The minimum atomic E-state index is 0.0123. The number of nitrogens with zero attached hydrogens (tertiary/aromatic N) is 3. The predicted octanol–water partition coefficient (Wildman–Crippen LogP) is 0.116. The zero-order valence-electron chi connectivity index (χ0n) is 13.1. The van der Waals surface area contributed by atoms with E-state index in [0.29, 0.717) is 0 Å². The highest BCUT2D eigenvalue weighted by atomic mass is 16.2. The number of likely N-dealkylation sites (tertiary alicyclic amines) is 1. The third-order valence-corrected chi connectivity index (χ3v) is 3.38. The number of nitrogens with one attached hydrogen (secondary N) is 2. The van der Waals surface area contributed by atoms with Gasteiger partial charge in [-0.1, -0.05) is 6.42 Å². The zero-order valence-corrected chi connectivity index (χ0v) is 13.1. The van der Waals surface area contributed by atoms with Gasteiger partial charge in [-0.2, -0.15) is 0 Å². The van der Waals surface area contributed by atoms with Crippen molar-refractivity contribution >= 4 is 11.9 Å². The van der Waals surface area contributed by atoms with Crippen LogP contribution in [0, 0.1) is 0 Å². The lowest BCUT2D eigenvalue weighted by atomic mass is 10.1. The van der Waals surface area contributed by atoms with Crippen molar-refractivity contribution in [2.45, 2.75) is 26.2 Å². The van der Waals surface area contributed by atoms with Crippen molar-refractivity contribution in [1.82, 2.24) is 20.4 Å². The molecule has 1 rings (SSSR count). The lowest BCUT2D eigenvalue weighted by molar-refractivity contribution is -0.127. The molecule has 1 heterocycles. The summed E-state index contributed by atoms with van der Waals surface area (Å²) < 4.78 is 0. The van der Waals surface area contributed by atoms with Gasteiger partial charge in [-0.25, -0.2) is 4.99 Å². The number of carbonyl (C=O) groups excluding carboxylic acids is 1. The van der Waals surface area contributed by atoms with Crippen LogP contribution in [0.2, 0.25) is 0 Å². The van der Waals surface area contributed by atoms with E-state index in [1.807, 2.05) is 6.92 Å². The minimum absolute atomic E-state index is 0.0123. The number of likely N-dealkylation sites (N-methyl/N-ethyl adjacent to an activating group) is 1. The largest absolute Gasteiger partial charge is 0.357 e. The molecule has 0 atom stereocenters. The average Bonchev–Trinajstić information content (AvgIpc) is 2.45. The molecule has 20 heavy (non-hydrogen) atoms. The van der Waals surface area contributed by atoms with E-state index in [1.54, 1.807) is 19.0 Å². The van der Waals surface area contributed by atoms with Gasteiger partial charge in [-0.05, 0) is 32.9 Å². The molecular formula is C14H29N5O. The second-order valence-corrected chi connectivity index (χ2v) is 5.31. The molecule has 0 aliphatic carbocycles. The lowest BCUT2D eigenvalue weighted by Crippen LogP contribution is -2.43. The lowest BCUT2D eigenvalue weighted by Gasteiger charge is -2.26. The molecule has 1 aliphatic heterocycles. The Morgan fingerprint density at radius 1 is 1.20 bits per heavy atom. The van der Waals surface area contributed by atoms with Gasteiger partial charge in [0.15, 0.2) is 5.96 Å². The molecule has 0 aromatic rings. The Labute approximate surface area is 122 Å². The molecule has 0 radical (unpaired) electrons. The summed E-state index contributed by atoms with van der Waals surface area (Å²) in [6.45, 7) is 7.31. The van der Waals surface area contributed by atoms with Gasteiger partial charge >= 0.3 is 0 Å². The third-order valence-electron chi connectivity index (χ3n) is 3.38. The van der Waals surface area contributed by atoms with Crippen LogP contribution in [0.15, 0.2) is 4.99 Å². The van der Waals surface area contributed by atoms with E-state index in [0.717, 1.165) is 25.6 Å². The van der Waals surface area contributed by atoms with Crippen LogP contribution in [0.25, 0.3) is 0 Å². The standard InChI is InChI=1S/C14H29N5O/c1-4-15-14(17-12-13(20)18(2)3)16-8-11-19-9-6-5-7-10-19/h4-12H2,1-3H3,(H2,15,16,17). The highest BCUT2D eigenvalue weighted by Gasteiger charge is 2.09. The number of piperidine rings is 1. The Kier molecular flexibility index (Phi) is 8.02. The highest BCUT2D eigenvalue weighted by molar-refractivity contribution is 5.84. The van der Waals surface area contributed by atoms with Crippen LogP contribution in [-0.2, 0) is 4.79 Å². The maximum atomic E-state index is 11.5. The van der Waals surface area contributed by atoms with Gasteiger partial charge in [-0.15, -0.1) is 0 Å². The molecule has 6 heteroatoms. The first-order valence-electron chi connectivity index (χ1n) is 7.58. The molecule has 6 nitrogen and oxygen atoms in total. The van der Waals surface area contributed by atoms with E-state index in [-0.39, 0.29) is 12.5 Å². The predicted molar refractivity (Wildman–Crippen MR) is 83.0 cm³/mol. The van der Waals surface area contributed by atoms with Gasteiger partial charge < -0.3 is 20.4 Å². The highest BCUT2D eigenvalue weighted by Crippen LogP contribution is 2.07. The van der Waals surface area contributed by atoms with Crippen LogP contribution in [-0.4, -0.2) is 75.0 Å². The summed E-state index contributed by atoms with van der Waals surface area (Å²) in [6, 6.07) is 0. The van der Waals surface area contributed by atoms with Crippen LogP contribution in [0.4, 0.5) is 0 Å². The van der Waals surface area contributed by atoms with E-state index in [2.05, 4.69) is 20.5 Å². The SMILES string of the molecule is CCNC(=NCC(=O)N(C)C)NCCN1CCCCC1.